The molecule has 1 amide bonds. The minimum Gasteiger partial charge on any atom is -0.360 e. The average molecular weight is 476 g/mol. The lowest BCUT2D eigenvalue weighted by molar-refractivity contribution is -0.129. The van der Waals surface area contributed by atoms with E-state index < -0.39 is 0 Å². The van der Waals surface area contributed by atoms with Gasteiger partial charge in [0.15, 0.2) is 5.65 Å². The van der Waals surface area contributed by atoms with E-state index in [0.29, 0.717) is 36.6 Å². The highest BCUT2D eigenvalue weighted by molar-refractivity contribution is 7.08. The van der Waals surface area contributed by atoms with Crippen molar-refractivity contribution in [2.24, 2.45) is 0 Å². The summed E-state index contributed by atoms with van der Waals surface area (Å²) in [5.41, 5.74) is 4.16. The maximum absolute atomic E-state index is 12.9. The zero-order chi connectivity index (χ0) is 23.8. The highest BCUT2D eigenvalue weighted by Gasteiger charge is 2.22. The second-order valence-electron chi connectivity index (χ2n) is 8.26. The van der Waals surface area contributed by atoms with Crippen LogP contribution in [0.1, 0.15) is 5.56 Å². The summed E-state index contributed by atoms with van der Waals surface area (Å²) in [6.45, 7) is 8.06. The predicted octanol–water partition coefficient (Wildman–Crippen LogP) is 3.16. The minimum absolute atomic E-state index is 0.120. The molecule has 174 valence electrons. The van der Waals surface area contributed by atoms with Crippen molar-refractivity contribution < 1.29 is 4.79 Å². The molecular formula is C24H25N7O2S. The smallest absolute Gasteiger partial charge is 0.278 e. The van der Waals surface area contributed by atoms with Crippen LogP contribution in [0, 0.1) is 6.92 Å². The molecule has 1 aliphatic heterocycles. The van der Waals surface area contributed by atoms with Gasteiger partial charge in [0.25, 0.3) is 5.56 Å². The molecule has 34 heavy (non-hydrogen) atoms. The van der Waals surface area contributed by atoms with Crippen LogP contribution in [0.15, 0.2) is 58.7 Å². The van der Waals surface area contributed by atoms with Crippen molar-refractivity contribution in [1.29, 1.82) is 0 Å². The lowest BCUT2D eigenvalue weighted by Gasteiger charge is -2.34. The van der Waals surface area contributed by atoms with Crippen LogP contribution in [0.2, 0.25) is 0 Å². The monoisotopic (exact) mass is 475 g/mol. The first kappa shape index (κ1) is 21.9. The van der Waals surface area contributed by atoms with Crippen LogP contribution >= 0.6 is 11.3 Å². The molecule has 4 heterocycles. The zero-order valence-corrected chi connectivity index (χ0v) is 19.9. The highest BCUT2D eigenvalue weighted by atomic mass is 32.1. The number of thiophene rings is 1. The Hall–Kier alpha value is -3.92. The van der Waals surface area contributed by atoms with E-state index in [4.69, 9.17) is 0 Å². The second-order valence-corrected chi connectivity index (χ2v) is 9.04. The summed E-state index contributed by atoms with van der Waals surface area (Å²) >= 11 is 1.55. The lowest BCUT2D eigenvalue weighted by Crippen LogP contribution is -2.48. The van der Waals surface area contributed by atoms with Crippen molar-refractivity contribution in [2.75, 3.05) is 36.9 Å². The van der Waals surface area contributed by atoms with Crippen molar-refractivity contribution in [3.8, 4) is 5.69 Å². The Labute approximate surface area is 200 Å². The number of allylic oxidation sites excluding steroid dienone is 1. The molecule has 4 aromatic rings. The molecule has 1 aliphatic rings. The number of amides is 1. The molecule has 0 atom stereocenters. The topological polar surface area (TPSA) is 88.3 Å². The number of aromatic nitrogens is 4. The van der Waals surface area contributed by atoms with Gasteiger partial charge in [0, 0.05) is 43.1 Å². The van der Waals surface area contributed by atoms with Crippen molar-refractivity contribution in [1.82, 2.24) is 24.2 Å². The maximum atomic E-state index is 12.9. The third kappa shape index (κ3) is 3.86. The first-order valence-electron chi connectivity index (χ1n) is 10.9. The third-order valence-electron chi connectivity index (χ3n) is 5.98. The fourth-order valence-corrected chi connectivity index (χ4v) is 4.81. The van der Waals surface area contributed by atoms with Gasteiger partial charge in [-0.15, -0.1) is 6.58 Å². The number of nitrogens with one attached hydrogen (secondary N) is 1. The number of likely N-dealkylation sites (N-methyl/N-ethyl adjacent to an activating group) is 1. The number of aryl methyl sites for hydroxylation is 1. The Bertz CT molecular complexity index is 1440. The van der Waals surface area contributed by atoms with Crippen LogP contribution in [-0.2, 0) is 11.3 Å². The Balaban J connectivity index is 1.47. The van der Waals surface area contributed by atoms with E-state index in [1.54, 1.807) is 37.9 Å². The van der Waals surface area contributed by atoms with E-state index in [0.717, 1.165) is 29.2 Å². The summed E-state index contributed by atoms with van der Waals surface area (Å²) in [6, 6.07) is 7.92. The Morgan fingerprint density at radius 3 is 2.79 bits per heavy atom. The molecular weight excluding hydrogens is 450 g/mol. The van der Waals surface area contributed by atoms with Gasteiger partial charge < -0.3 is 15.1 Å². The molecule has 1 fully saturated rings. The fourth-order valence-electron chi connectivity index (χ4n) is 4.20. The quantitative estimate of drug-likeness (QED) is 0.431. The molecule has 3 aromatic heterocycles. The number of piperazine rings is 1. The van der Waals surface area contributed by atoms with Crippen LogP contribution in [-0.4, -0.2) is 56.8 Å². The molecule has 0 unspecified atom stereocenters. The van der Waals surface area contributed by atoms with Gasteiger partial charge in [0.05, 0.1) is 18.8 Å². The SMILES string of the molecule is C=CCn1c(=O)c2cnc(Nc3ccc(N4CCN(C)C(=O)C4)c(C)c3)nc2n1-c1ccsc1. The molecule has 0 bridgehead atoms. The maximum Gasteiger partial charge on any atom is 0.278 e. The summed E-state index contributed by atoms with van der Waals surface area (Å²) in [5, 5.41) is 7.64. The Morgan fingerprint density at radius 1 is 1.24 bits per heavy atom. The number of rotatable bonds is 6. The molecule has 1 aromatic carbocycles. The lowest BCUT2D eigenvalue weighted by atomic mass is 10.1. The van der Waals surface area contributed by atoms with Gasteiger partial charge in [-0.25, -0.2) is 14.3 Å². The fraction of sp³-hybridized carbons (Fsp3) is 0.250. The van der Waals surface area contributed by atoms with E-state index in [9.17, 15) is 9.59 Å². The van der Waals surface area contributed by atoms with Crippen molar-refractivity contribution >= 4 is 45.6 Å². The van der Waals surface area contributed by atoms with Gasteiger partial charge in [-0.2, -0.15) is 16.3 Å². The molecule has 0 radical (unpaired) electrons. The van der Waals surface area contributed by atoms with Crippen molar-refractivity contribution in [2.45, 2.75) is 13.5 Å². The number of carbonyl (C=O) groups excluding carboxylic acids is 1. The number of benzene rings is 1. The first-order chi connectivity index (χ1) is 16.5. The summed E-state index contributed by atoms with van der Waals surface area (Å²) in [5.74, 6) is 0.517. The molecule has 1 N–H and O–H groups in total. The number of anilines is 3. The molecule has 1 saturated heterocycles. The van der Waals surface area contributed by atoms with Gasteiger partial charge in [-0.05, 0) is 42.1 Å². The van der Waals surface area contributed by atoms with E-state index in [1.807, 2.05) is 49.0 Å². The standard InChI is InChI=1S/C24H25N7O2S/c1-4-8-30-23(33)19-13-25-24(27-22(19)31(30)18-7-11-34-15-18)26-17-5-6-20(16(2)12-17)29-10-9-28(3)21(32)14-29/h4-7,11-13,15H,1,8-10,14H2,2-3H3,(H,25,26,27). The number of carbonyl (C=O) groups is 1. The van der Waals surface area contributed by atoms with Gasteiger partial charge in [-0.1, -0.05) is 6.08 Å². The molecule has 0 saturated carbocycles. The van der Waals surface area contributed by atoms with E-state index >= 15 is 0 Å². The van der Waals surface area contributed by atoms with Crippen LogP contribution in [0.3, 0.4) is 0 Å². The van der Waals surface area contributed by atoms with Crippen LogP contribution in [0.5, 0.6) is 0 Å². The van der Waals surface area contributed by atoms with Gasteiger partial charge in [0.2, 0.25) is 11.9 Å². The molecule has 5 rings (SSSR count). The third-order valence-corrected chi connectivity index (χ3v) is 6.65. The summed E-state index contributed by atoms with van der Waals surface area (Å²) in [4.78, 5) is 38.0. The van der Waals surface area contributed by atoms with E-state index in [2.05, 4.69) is 26.8 Å². The van der Waals surface area contributed by atoms with Crippen molar-refractivity contribution in [3.05, 3.63) is 69.8 Å². The van der Waals surface area contributed by atoms with Crippen LogP contribution in [0.4, 0.5) is 17.3 Å². The van der Waals surface area contributed by atoms with E-state index in [-0.39, 0.29) is 11.5 Å². The molecule has 9 nitrogen and oxygen atoms in total. The summed E-state index contributed by atoms with van der Waals surface area (Å²) in [7, 11) is 1.83. The first-order valence-corrected chi connectivity index (χ1v) is 11.9. The van der Waals surface area contributed by atoms with Crippen LogP contribution < -0.4 is 15.8 Å². The molecule has 0 spiro atoms. The largest absolute Gasteiger partial charge is 0.360 e. The van der Waals surface area contributed by atoms with E-state index in [1.165, 1.54) is 0 Å². The second kappa shape index (κ2) is 8.79. The number of hydrogen-bond acceptors (Lipinski definition) is 7. The molecule has 10 heteroatoms. The molecule has 0 aliphatic carbocycles. The predicted molar refractivity (Wildman–Crippen MR) is 136 cm³/mol. The van der Waals surface area contributed by atoms with Crippen molar-refractivity contribution in [3.63, 3.8) is 0 Å². The number of hydrogen-bond donors (Lipinski definition) is 1. The van der Waals surface area contributed by atoms with Gasteiger partial charge >= 0.3 is 0 Å². The normalized spacial score (nSPS) is 14.1. The summed E-state index contributed by atoms with van der Waals surface area (Å²) in [6.07, 6.45) is 3.25. The Kier molecular flexibility index (Phi) is 5.66. The summed E-state index contributed by atoms with van der Waals surface area (Å²) < 4.78 is 3.41. The number of fused-ring (bicyclic) bond motifs is 1. The van der Waals surface area contributed by atoms with Gasteiger partial charge in [0.1, 0.15) is 5.39 Å². The zero-order valence-electron chi connectivity index (χ0n) is 19.1. The Morgan fingerprint density at radius 2 is 2.09 bits per heavy atom. The average Bonchev–Trinajstić information content (AvgIpc) is 3.43. The number of nitrogens with zero attached hydrogens (tertiary/aromatic N) is 6. The minimum atomic E-state index is -0.158. The highest BCUT2D eigenvalue weighted by Crippen LogP contribution is 2.26. The van der Waals surface area contributed by atoms with Crippen LogP contribution in [0.25, 0.3) is 16.7 Å². The van der Waals surface area contributed by atoms with Gasteiger partial charge in [-0.3, -0.25) is 9.59 Å².